The zero-order valence-electron chi connectivity index (χ0n) is 29.1. The lowest BCUT2D eigenvalue weighted by Gasteiger charge is -2.40. The van der Waals surface area contributed by atoms with Crippen LogP contribution in [0.5, 0.6) is 5.75 Å². The molecule has 1 fully saturated rings. The van der Waals surface area contributed by atoms with Gasteiger partial charge in [0.15, 0.2) is 0 Å². The Morgan fingerprint density at radius 2 is 1.53 bits per heavy atom. The predicted octanol–water partition coefficient (Wildman–Crippen LogP) is 11.7. The Morgan fingerprint density at radius 3 is 2.08 bits per heavy atom. The Labute approximate surface area is 319 Å². The van der Waals surface area contributed by atoms with E-state index in [1.807, 2.05) is 51.1 Å². The Balaban J connectivity index is 0.000000894. The fourth-order valence-electron chi connectivity index (χ4n) is 5.78. The highest BCUT2D eigenvalue weighted by Gasteiger charge is 2.35. The Hall–Kier alpha value is -1.18. The SMILES string of the molecule is COc1ccc(-c2ccncc2)cc1CN(C(=O)c1sc2c(F)ccc(F)c2c1Cl)C1CCC(N(C)C(=O)OC(C)(C)C)CC1.PP(P)P(P)P. The van der Waals surface area contributed by atoms with Gasteiger partial charge in [-0.15, -0.1) is 47.1 Å². The van der Waals surface area contributed by atoms with Crippen LogP contribution in [0.4, 0.5) is 13.6 Å². The standard InChI is InChI=1S/C34H36ClF2N3O4S.H8P6/c1-34(2,3)44-33(42)39(4)23-7-9-24(10-8-23)40(32(41)31-29(35)28-25(36)11-12-26(37)30(28)45-31)19-22-18-21(6-13-27(22)43-5)20-14-16-38-17-15-20;1-5(2)6(3)4/h6,11-18,23-24H,7-10,19H2,1-5H3;1-4H2. The number of methoxy groups -OCH3 is 1. The molecule has 276 valence electrons. The summed E-state index contributed by atoms with van der Waals surface area (Å²) in [5.41, 5.74) is 2.03. The minimum atomic E-state index is -0.685. The van der Waals surface area contributed by atoms with Gasteiger partial charge in [0.1, 0.15) is 27.9 Å². The van der Waals surface area contributed by atoms with E-state index >= 15 is 0 Å². The number of carbonyl (C=O) groups is 2. The molecule has 1 saturated carbocycles. The molecule has 51 heavy (non-hydrogen) atoms. The molecule has 0 bridgehead atoms. The van der Waals surface area contributed by atoms with Crippen molar-refractivity contribution in [2.45, 2.75) is 70.7 Å². The molecular formula is C34H44ClF2N3O4P6S. The average molecular weight is 850 g/mol. The summed E-state index contributed by atoms with van der Waals surface area (Å²) in [6.07, 6.45) is 5.51. The van der Waals surface area contributed by atoms with Crippen molar-refractivity contribution in [2.75, 3.05) is 14.2 Å². The number of thiophene rings is 1. The molecule has 4 atom stereocenters. The Bertz CT molecular complexity index is 1820. The third-order valence-electron chi connectivity index (χ3n) is 8.37. The second-order valence-electron chi connectivity index (χ2n) is 13.0. The van der Waals surface area contributed by atoms with Crippen LogP contribution in [0.15, 0.2) is 54.9 Å². The van der Waals surface area contributed by atoms with Crippen molar-refractivity contribution in [3.8, 4) is 16.9 Å². The molecule has 0 N–H and O–H groups in total. The maximum Gasteiger partial charge on any atom is 0.410 e. The van der Waals surface area contributed by atoms with E-state index in [0.717, 1.165) is 40.2 Å². The molecule has 0 spiro atoms. The van der Waals surface area contributed by atoms with Gasteiger partial charge in [0.2, 0.25) is 0 Å². The Morgan fingerprint density at radius 1 is 0.941 bits per heavy atom. The minimum absolute atomic E-state index is 0.00302. The fourth-order valence-corrected chi connectivity index (χ4v) is 7.29. The highest BCUT2D eigenvalue weighted by molar-refractivity contribution is 8.92. The van der Waals surface area contributed by atoms with E-state index < -0.39 is 29.2 Å². The van der Waals surface area contributed by atoms with Gasteiger partial charge in [-0.1, -0.05) is 17.7 Å². The van der Waals surface area contributed by atoms with Crippen LogP contribution in [0.1, 0.15) is 61.7 Å². The zero-order valence-corrected chi connectivity index (χ0v) is 37.1. The lowest BCUT2D eigenvalue weighted by molar-refractivity contribution is 0.0144. The molecule has 4 unspecified atom stereocenters. The van der Waals surface area contributed by atoms with Crippen molar-refractivity contribution in [1.82, 2.24) is 14.8 Å². The molecule has 2 heterocycles. The molecule has 2 amide bonds. The topological polar surface area (TPSA) is 72.0 Å². The lowest BCUT2D eigenvalue weighted by atomic mass is 9.89. The highest BCUT2D eigenvalue weighted by atomic mass is 35.5. The first-order valence-electron chi connectivity index (χ1n) is 16.0. The number of hydrogen-bond donors (Lipinski definition) is 0. The van der Waals surface area contributed by atoms with Crippen molar-refractivity contribution in [1.29, 1.82) is 0 Å². The number of nitrogens with zero attached hydrogens (tertiary/aromatic N) is 3. The van der Waals surface area contributed by atoms with E-state index in [9.17, 15) is 18.4 Å². The predicted molar refractivity (Wildman–Crippen MR) is 226 cm³/mol. The number of halogens is 3. The van der Waals surface area contributed by atoms with Gasteiger partial charge >= 0.3 is 6.09 Å². The van der Waals surface area contributed by atoms with Crippen molar-refractivity contribution in [2.24, 2.45) is 0 Å². The van der Waals surface area contributed by atoms with E-state index in [1.165, 1.54) is 0 Å². The molecule has 0 saturated heterocycles. The van der Waals surface area contributed by atoms with Crippen molar-refractivity contribution in [3.63, 3.8) is 0 Å². The maximum absolute atomic E-state index is 14.8. The number of benzene rings is 2. The maximum atomic E-state index is 14.8. The van der Waals surface area contributed by atoms with Gasteiger partial charge < -0.3 is 19.3 Å². The van der Waals surface area contributed by atoms with Crippen LogP contribution in [-0.4, -0.2) is 58.6 Å². The molecule has 1 aliphatic carbocycles. The summed E-state index contributed by atoms with van der Waals surface area (Å²) in [7, 11) is 14.5. The van der Waals surface area contributed by atoms with Gasteiger partial charge in [-0.3, -0.25) is 9.78 Å². The highest BCUT2D eigenvalue weighted by Crippen LogP contribution is 2.86. The monoisotopic (exact) mass is 849 g/mol. The van der Waals surface area contributed by atoms with Gasteiger partial charge in [-0.25, -0.2) is 13.6 Å². The summed E-state index contributed by atoms with van der Waals surface area (Å²) in [5.74, 6) is -1.14. The number of aromatic nitrogens is 1. The summed E-state index contributed by atoms with van der Waals surface area (Å²) >= 11 is 7.45. The van der Waals surface area contributed by atoms with Crippen LogP contribution in [0.25, 0.3) is 21.2 Å². The van der Waals surface area contributed by atoms with E-state index in [4.69, 9.17) is 21.1 Å². The third-order valence-corrected chi connectivity index (χ3v) is 31.4. The molecule has 5 rings (SSSR count). The summed E-state index contributed by atoms with van der Waals surface area (Å²) in [5, 5.41) is -0.192. The second kappa shape index (κ2) is 18.9. The molecule has 0 radical (unpaired) electrons. The summed E-state index contributed by atoms with van der Waals surface area (Å²) < 4.78 is 40.7. The molecular weight excluding hydrogens is 806 g/mol. The lowest BCUT2D eigenvalue weighted by Crippen LogP contribution is -2.47. The first-order chi connectivity index (χ1) is 24.0. The van der Waals surface area contributed by atoms with E-state index in [2.05, 4.69) is 40.7 Å². The number of carbonyl (C=O) groups excluding carboxylic acids is 2. The van der Waals surface area contributed by atoms with E-state index in [0.29, 0.717) is 31.4 Å². The molecule has 17 heteroatoms. The number of ether oxygens (including phenoxy) is 2. The molecule has 2 aromatic carbocycles. The largest absolute Gasteiger partial charge is 0.496 e. The fraction of sp³-hybridized carbons (Fsp3) is 0.382. The number of hydrogen-bond acceptors (Lipinski definition) is 6. The van der Waals surface area contributed by atoms with E-state index in [1.54, 1.807) is 36.4 Å². The average Bonchev–Trinajstić information content (AvgIpc) is 3.46. The third kappa shape index (κ3) is 11.2. The van der Waals surface area contributed by atoms with Crippen LogP contribution in [0, 0.1) is 11.6 Å². The number of fused-ring (bicyclic) bond motifs is 1. The van der Waals surface area contributed by atoms with Crippen LogP contribution >= 0.6 is 72.6 Å². The summed E-state index contributed by atoms with van der Waals surface area (Å²) in [6.45, 7) is 5.99. The first-order valence-corrected chi connectivity index (χ1v) is 27.1. The summed E-state index contributed by atoms with van der Waals surface area (Å²) in [6, 6.07) is 11.3. The smallest absolute Gasteiger partial charge is 0.410 e. The van der Waals surface area contributed by atoms with Crippen LogP contribution in [-0.2, 0) is 11.3 Å². The van der Waals surface area contributed by atoms with Gasteiger partial charge in [0.25, 0.3) is 5.91 Å². The van der Waals surface area contributed by atoms with Crippen molar-refractivity contribution >= 4 is 94.7 Å². The molecule has 2 aromatic heterocycles. The zero-order chi connectivity index (χ0) is 37.6. The molecule has 4 aromatic rings. The van der Waals surface area contributed by atoms with Gasteiger partial charge in [0.05, 0.1) is 22.2 Å². The van der Waals surface area contributed by atoms with Crippen LogP contribution in [0.3, 0.4) is 0 Å². The number of amides is 2. The van der Waals surface area contributed by atoms with Gasteiger partial charge in [-0.05, 0) is 108 Å². The summed E-state index contributed by atoms with van der Waals surface area (Å²) in [4.78, 5) is 34.7. The number of pyridine rings is 1. The molecule has 1 aliphatic rings. The van der Waals surface area contributed by atoms with Gasteiger partial charge in [0, 0.05) is 43.6 Å². The number of rotatable bonds is 8. The van der Waals surface area contributed by atoms with E-state index in [-0.39, 0.29) is 52.6 Å². The quantitative estimate of drug-likeness (QED) is 0.165. The first kappa shape index (κ1) is 42.6. The van der Waals surface area contributed by atoms with Crippen LogP contribution in [0.2, 0.25) is 5.02 Å². The van der Waals surface area contributed by atoms with Crippen LogP contribution < -0.4 is 4.74 Å². The van der Waals surface area contributed by atoms with Crippen molar-refractivity contribution in [3.05, 3.63) is 82.0 Å². The Kier molecular flexibility index (Phi) is 15.8. The van der Waals surface area contributed by atoms with Gasteiger partial charge in [-0.2, -0.15) is 0 Å². The normalized spacial score (nSPS) is 16.1. The molecule has 0 aliphatic heterocycles. The second-order valence-corrected chi connectivity index (χ2v) is 34.1. The minimum Gasteiger partial charge on any atom is -0.496 e. The molecule has 7 nitrogen and oxygen atoms in total. The van der Waals surface area contributed by atoms with Crippen molar-refractivity contribution < 1.29 is 27.8 Å².